The van der Waals surface area contributed by atoms with Crippen molar-refractivity contribution in [2.45, 2.75) is 6.92 Å². The molecule has 0 bridgehead atoms. The van der Waals surface area contributed by atoms with Gasteiger partial charge >= 0.3 is 0 Å². The van der Waals surface area contributed by atoms with E-state index < -0.39 is 0 Å². The van der Waals surface area contributed by atoms with E-state index in [-0.39, 0.29) is 18.4 Å². The van der Waals surface area contributed by atoms with Gasteiger partial charge in [-0.15, -0.1) is 0 Å². The van der Waals surface area contributed by atoms with Crippen molar-refractivity contribution in [2.75, 3.05) is 11.9 Å². The van der Waals surface area contributed by atoms with Gasteiger partial charge in [0.25, 0.3) is 5.91 Å². The number of amides is 2. The zero-order chi connectivity index (χ0) is 16.1. The van der Waals surface area contributed by atoms with Crippen LogP contribution in [-0.2, 0) is 4.79 Å². The number of rotatable bonds is 4. The Morgan fingerprint density at radius 1 is 1.18 bits per heavy atom. The first-order chi connectivity index (χ1) is 10.5. The molecule has 0 atom stereocenters. The van der Waals surface area contributed by atoms with E-state index in [9.17, 15) is 9.59 Å². The minimum absolute atomic E-state index is 0.119. The number of carbonyl (C=O) groups excluding carboxylic acids is 2. The lowest BCUT2D eigenvalue weighted by Crippen LogP contribution is -2.32. The first kappa shape index (κ1) is 16.5. The van der Waals surface area contributed by atoms with E-state index in [0.29, 0.717) is 16.3 Å². The number of anilines is 1. The maximum Gasteiger partial charge on any atom is 0.251 e. The summed E-state index contributed by atoms with van der Waals surface area (Å²) < 4.78 is 0.794. The summed E-state index contributed by atoms with van der Waals surface area (Å²) in [6.45, 7) is 1.84. The molecule has 0 unspecified atom stereocenters. The van der Waals surface area contributed by atoms with Crippen LogP contribution in [0.2, 0.25) is 5.02 Å². The molecule has 0 aliphatic heterocycles. The lowest BCUT2D eigenvalue weighted by Gasteiger charge is -2.09. The first-order valence-corrected chi connectivity index (χ1v) is 7.72. The van der Waals surface area contributed by atoms with E-state index in [0.717, 1.165) is 10.0 Å². The van der Waals surface area contributed by atoms with E-state index in [1.807, 2.05) is 19.1 Å². The van der Waals surface area contributed by atoms with Crippen LogP contribution in [0.25, 0.3) is 0 Å². The Kier molecular flexibility index (Phi) is 5.57. The topological polar surface area (TPSA) is 58.2 Å². The average Bonchev–Trinajstić information content (AvgIpc) is 2.47. The van der Waals surface area contributed by atoms with Crippen molar-refractivity contribution < 1.29 is 9.59 Å². The zero-order valence-corrected chi connectivity index (χ0v) is 14.2. The quantitative estimate of drug-likeness (QED) is 0.847. The molecule has 0 radical (unpaired) electrons. The van der Waals surface area contributed by atoms with Crippen molar-refractivity contribution in [3.63, 3.8) is 0 Å². The van der Waals surface area contributed by atoms with E-state index in [2.05, 4.69) is 26.6 Å². The summed E-state index contributed by atoms with van der Waals surface area (Å²) in [6.07, 6.45) is 0. The number of nitrogens with one attached hydrogen (secondary N) is 2. The predicted octanol–water partition coefficient (Wildman–Crippen LogP) is 3.78. The molecule has 0 aliphatic carbocycles. The van der Waals surface area contributed by atoms with Crippen molar-refractivity contribution in [1.29, 1.82) is 0 Å². The summed E-state index contributed by atoms with van der Waals surface area (Å²) >= 11 is 9.21. The summed E-state index contributed by atoms with van der Waals surface area (Å²) in [4.78, 5) is 23.8. The molecule has 2 rings (SSSR count). The molecule has 0 aliphatic rings. The monoisotopic (exact) mass is 380 g/mol. The molecule has 2 aromatic carbocycles. The molecule has 0 heterocycles. The highest BCUT2D eigenvalue weighted by atomic mass is 79.9. The summed E-state index contributed by atoms with van der Waals surface area (Å²) in [5.41, 5.74) is 2.16. The molecular formula is C16H14BrClN2O2. The molecule has 2 amide bonds. The fraction of sp³-hybridized carbons (Fsp3) is 0.125. The smallest absolute Gasteiger partial charge is 0.251 e. The van der Waals surface area contributed by atoms with Gasteiger partial charge in [-0.05, 0) is 58.7 Å². The second-order valence-corrected chi connectivity index (χ2v) is 6.02. The lowest BCUT2D eigenvalue weighted by molar-refractivity contribution is -0.115. The van der Waals surface area contributed by atoms with E-state index in [4.69, 9.17) is 11.6 Å². The maximum absolute atomic E-state index is 11.9. The van der Waals surface area contributed by atoms with E-state index in [1.54, 1.807) is 30.3 Å². The van der Waals surface area contributed by atoms with Crippen molar-refractivity contribution in [2.24, 2.45) is 0 Å². The van der Waals surface area contributed by atoms with E-state index >= 15 is 0 Å². The molecule has 4 nitrogen and oxygen atoms in total. The van der Waals surface area contributed by atoms with Gasteiger partial charge in [-0.25, -0.2) is 0 Å². The molecule has 22 heavy (non-hydrogen) atoms. The largest absolute Gasteiger partial charge is 0.343 e. The summed E-state index contributed by atoms with van der Waals surface area (Å²) in [5.74, 6) is -0.652. The Balaban J connectivity index is 1.91. The number of carbonyl (C=O) groups is 2. The van der Waals surface area contributed by atoms with Crippen LogP contribution in [0, 0.1) is 6.92 Å². The molecule has 6 heteroatoms. The number of hydrogen-bond donors (Lipinski definition) is 2. The SMILES string of the molecule is Cc1ccc(NC(=O)CNC(=O)c2cccc(Cl)c2)c(Br)c1. The third kappa shape index (κ3) is 4.58. The summed E-state index contributed by atoms with van der Waals surface area (Å²) in [5, 5.41) is 5.75. The van der Waals surface area contributed by atoms with Gasteiger partial charge in [0.05, 0.1) is 12.2 Å². The Bertz CT molecular complexity index is 719. The second-order valence-electron chi connectivity index (χ2n) is 4.72. The molecule has 0 saturated heterocycles. The van der Waals surface area contributed by atoms with Gasteiger partial charge in [-0.3, -0.25) is 9.59 Å². The number of hydrogen-bond acceptors (Lipinski definition) is 2. The van der Waals surface area contributed by atoms with Gasteiger partial charge in [-0.1, -0.05) is 23.7 Å². The van der Waals surface area contributed by atoms with Gasteiger partial charge in [0, 0.05) is 15.1 Å². The number of aryl methyl sites for hydroxylation is 1. The fourth-order valence-electron chi connectivity index (χ4n) is 1.81. The Morgan fingerprint density at radius 2 is 1.95 bits per heavy atom. The third-order valence-electron chi connectivity index (χ3n) is 2.89. The molecule has 0 saturated carbocycles. The molecule has 0 fully saturated rings. The van der Waals surface area contributed by atoms with Crippen LogP contribution in [0.15, 0.2) is 46.9 Å². The summed E-state index contributed by atoms with van der Waals surface area (Å²) in [7, 11) is 0. The Labute approximate surface area is 142 Å². The van der Waals surface area contributed by atoms with Crippen LogP contribution in [0.3, 0.4) is 0 Å². The van der Waals surface area contributed by atoms with Crippen LogP contribution in [-0.4, -0.2) is 18.4 Å². The van der Waals surface area contributed by atoms with Gasteiger partial charge in [0.15, 0.2) is 0 Å². The number of halogens is 2. The highest BCUT2D eigenvalue weighted by Crippen LogP contribution is 2.23. The second kappa shape index (κ2) is 7.42. The number of benzene rings is 2. The zero-order valence-electron chi connectivity index (χ0n) is 11.8. The summed E-state index contributed by atoms with van der Waals surface area (Å²) in [6, 6.07) is 12.1. The molecule has 0 spiro atoms. The maximum atomic E-state index is 11.9. The fourth-order valence-corrected chi connectivity index (χ4v) is 2.59. The highest BCUT2D eigenvalue weighted by molar-refractivity contribution is 9.10. The van der Waals surface area contributed by atoms with Crippen LogP contribution in [0.1, 0.15) is 15.9 Å². The van der Waals surface area contributed by atoms with Crippen LogP contribution in [0.5, 0.6) is 0 Å². The first-order valence-electron chi connectivity index (χ1n) is 6.55. The Hall–Kier alpha value is -1.85. The molecule has 2 aromatic rings. The van der Waals surface area contributed by atoms with Crippen molar-refractivity contribution in [1.82, 2.24) is 5.32 Å². The Morgan fingerprint density at radius 3 is 2.64 bits per heavy atom. The molecular weight excluding hydrogens is 368 g/mol. The standard InChI is InChI=1S/C16H14BrClN2O2/c1-10-5-6-14(13(17)7-10)20-15(21)9-19-16(22)11-3-2-4-12(18)8-11/h2-8H,9H2,1H3,(H,19,22)(H,20,21). The molecule has 2 N–H and O–H groups in total. The predicted molar refractivity (Wildman–Crippen MR) is 91.3 cm³/mol. The lowest BCUT2D eigenvalue weighted by atomic mass is 10.2. The van der Waals surface area contributed by atoms with Crippen LogP contribution in [0.4, 0.5) is 5.69 Å². The molecule has 0 aromatic heterocycles. The van der Waals surface area contributed by atoms with Crippen molar-refractivity contribution in [3.8, 4) is 0 Å². The van der Waals surface area contributed by atoms with Gasteiger partial charge in [0.2, 0.25) is 5.91 Å². The minimum atomic E-state index is -0.347. The van der Waals surface area contributed by atoms with Crippen molar-refractivity contribution in [3.05, 3.63) is 63.1 Å². The van der Waals surface area contributed by atoms with Gasteiger partial charge in [0.1, 0.15) is 0 Å². The average molecular weight is 382 g/mol. The minimum Gasteiger partial charge on any atom is -0.343 e. The highest BCUT2D eigenvalue weighted by Gasteiger charge is 2.09. The van der Waals surface area contributed by atoms with Gasteiger partial charge < -0.3 is 10.6 Å². The normalized spacial score (nSPS) is 10.1. The van der Waals surface area contributed by atoms with E-state index in [1.165, 1.54) is 0 Å². The molecule has 114 valence electrons. The third-order valence-corrected chi connectivity index (χ3v) is 3.79. The van der Waals surface area contributed by atoms with Gasteiger partial charge in [-0.2, -0.15) is 0 Å². The van der Waals surface area contributed by atoms with Crippen molar-refractivity contribution >= 4 is 45.0 Å². The van der Waals surface area contributed by atoms with Crippen LogP contribution < -0.4 is 10.6 Å². The van der Waals surface area contributed by atoms with Crippen LogP contribution >= 0.6 is 27.5 Å².